The zero-order chi connectivity index (χ0) is 26.8. The molecule has 0 aromatic heterocycles. The number of carboxylic acid groups (broad SMARTS) is 2. The van der Waals surface area contributed by atoms with E-state index in [4.69, 9.17) is 19.7 Å². The van der Waals surface area contributed by atoms with Crippen molar-refractivity contribution in [2.75, 3.05) is 32.1 Å². The molecule has 202 valence electrons. The molecular weight excluding hydrogens is 508 g/mol. The number of carbonyl (C=O) groups is 5. The van der Waals surface area contributed by atoms with Crippen molar-refractivity contribution in [1.29, 1.82) is 0 Å². The molecule has 1 aromatic carbocycles. The molecule has 0 bridgehead atoms. The third-order valence-corrected chi connectivity index (χ3v) is 7.19. The first kappa shape index (κ1) is 27.9. The van der Waals surface area contributed by atoms with Gasteiger partial charge in [0.2, 0.25) is 5.91 Å². The van der Waals surface area contributed by atoms with E-state index in [1.807, 2.05) is 11.8 Å². The molecule has 37 heavy (non-hydrogen) atoms. The molecule has 0 aliphatic carbocycles. The van der Waals surface area contributed by atoms with Gasteiger partial charge in [-0.15, -0.1) is 0 Å². The summed E-state index contributed by atoms with van der Waals surface area (Å²) in [5.41, 5.74) is 0.0790. The number of nitrogens with one attached hydrogen (secondary N) is 4. The van der Waals surface area contributed by atoms with Gasteiger partial charge in [0.15, 0.2) is 13.2 Å². The molecule has 2 heterocycles. The summed E-state index contributed by atoms with van der Waals surface area (Å²) in [6.07, 6.45) is 2.87. The largest absolute Gasteiger partial charge is 0.482 e. The molecule has 0 unspecified atom stereocenters. The lowest BCUT2D eigenvalue weighted by atomic mass is 10.0. The second-order valence-electron chi connectivity index (χ2n) is 8.53. The van der Waals surface area contributed by atoms with Crippen molar-refractivity contribution in [2.45, 2.75) is 43.0 Å². The normalized spacial score (nSPS) is 19.8. The fraction of sp³-hybridized carbons (Fsp3) is 0.522. The van der Waals surface area contributed by atoms with E-state index >= 15 is 0 Å². The molecule has 14 heteroatoms. The van der Waals surface area contributed by atoms with Crippen LogP contribution >= 0.6 is 11.8 Å². The molecule has 1 aromatic rings. The van der Waals surface area contributed by atoms with Crippen molar-refractivity contribution in [3.63, 3.8) is 0 Å². The number of hydrogen-bond acceptors (Lipinski definition) is 8. The third kappa shape index (κ3) is 9.04. The van der Waals surface area contributed by atoms with Gasteiger partial charge in [0.25, 0.3) is 5.91 Å². The zero-order valence-electron chi connectivity index (χ0n) is 20.0. The molecule has 6 N–H and O–H groups in total. The fourth-order valence-electron chi connectivity index (χ4n) is 4.00. The van der Waals surface area contributed by atoms with E-state index in [9.17, 15) is 24.0 Å². The summed E-state index contributed by atoms with van der Waals surface area (Å²) in [6.45, 7) is -0.944. The number of aliphatic carboxylic acids is 2. The van der Waals surface area contributed by atoms with E-state index in [0.717, 1.165) is 25.0 Å². The zero-order valence-corrected chi connectivity index (χ0v) is 20.8. The van der Waals surface area contributed by atoms with Gasteiger partial charge in [-0.25, -0.2) is 14.4 Å². The lowest BCUT2D eigenvalue weighted by Crippen LogP contribution is -2.36. The van der Waals surface area contributed by atoms with Crippen molar-refractivity contribution < 1.29 is 43.7 Å². The molecule has 4 amide bonds. The average molecular weight is 539 g/mol. The second kappa shape index (κ2) is 13.6. The van der Waals surface area contributed by atoms with Crippen molar-refractivity contribution in [3.05, 3.63) is 23.8 Å². The smallest absolute Gasteiger partial charge is 0.341 e. The van der Waals surface area contributed by atoms with Gasteiger partial charge in [0, 0.05) is 42.1 Å². The highest BCUT2D eigenvalue weighted by Crippen LogP contribution is 2.33. The Morgan fingerprint density at radius 1 is 0.946 bits per heavy atom. The molecule has 3 rings (SSSR count). The van der Waals surface area contributed by atoms with Crippen LogP contribution in [-0.2, 0) is 14.4 Å². The van der Waals surface area contributed by atoms with Gasteiger partial charge in [0.1, 0.15) is 11.5 Å². The molecule has 13 nitrogen and oxygen atoms in total. The van der Waals surface area contributed by atoms with Gasteiger partial charge in [0.05, 0.1) is 12.1 Å². The maximum atomic E-state index is 12.5. The number of amides is 4. The van der Waals surface area contributed by atoms with Gasteiger partial charge in [-0.2, -0.15) is 11.8 Å². The van der Waals surface area contributed by atoms with E-state index in [-0.39, 0.29) is 54.2 Å². The Morgan fingerprint density at radius 2 is 1.59 bits per heavy atom. The summed E-state index contributed by atoms with van der Waals surface area (Å²) in [6, 6.07) is 4.12. The number of rotatable bonds is 15. The van der Waals surface area contributed by atoms with Crippen LogP contribution in [0.15, 0.2) is 18.2 Å². The summed E-state index contributed by atoms with van der Waals surface area (Å²) >= 11 is 1.84. The van der Waals surface area contributed by atoms with E-state index in [1.54, 1.807) is 0 Å². The van der Waals surface area contributed by atoms with Crippen molar-refractivity contribution >= 4 is 41.5 Å². The maximum Gasteiger partial charge on any atom is 0.341 e. The number of thioether (sulfide) groups is 1. The Bertz CT molecular complexity index is 986. The van der Waals surface area contributed by atoms with Gasteiger partial charge in [-0.1, -0.05) is 6.42 Å². The maximum absolute atomic E-state index is 12.5. The van der Waals surface area contributed by atoms with Crippen LogP contribution in [0.3, 0.4) is 0 Å². The first-order valence-corrected chi connectivity index (χ1v) is 12.8. The average Bonchev–Trinajstić information content (AvgIpc) is 3.40. The minimum atomic E-state index is -1.22. The number of carboxylic acids is 2. The predicted octanol–water partition coefficient (Wildman–Crippen LogP) is 0.185. The fourth-order valence-corrected chi connectivity index (χ4v) is 5.55. The monoisotopic (exact) mass is 538 g/mol. The SMILES string of the molecule is O=C(O)COc1cc(OCC(=O)O)cc(C(=O)NCCNC(=O)CCCC[C@@H]2SC[C@@H]3NC(=O)N[C@@H]32)c1. The molecule has 0 spiro atoms. The van der Waals surface area contributed by atoms with Crippen molar-refractivity contribution in [1.82, 2.24) is 21.3 Å². The predicted molar refractivity (Wildman–Crippen MR) is 132 cm³/mol. The summed E-state index contributed by atoms with van der Waals surface area (Å²) < 4.78 is 10.2. The summed E-state index contributed by atoms with van der Waals surface area (Å²) in [5.74, 6) is -2.14. The molecule has 2 aliphatic heterocycles. The molecule has 2 fully saturated rings. The number of unbranched alkanes of at least 4 members (excludes halogenated alkanes) is 1. The molecular formula is C23H30N4O9S. The van der Waals surface area contributed by atoms with Crippen LogP contribution in [-0.4, -0.2) is 89.4 Å². The number of hydrogen-bond donors (Lipinski definition) is 6. The molecule has 2 saturated heterocycles. The minimum absolute atomic E-state index is 0.0295. The number of ether oxygens (including phenoxy) is 2. The Hall–Kier alpha value is -3.68. The molecule has 2 aliphatic rings. The highest BCUT2D eigenvalue weighted by Gasteiger charge is 2.42. The molecule has 0 radical (unpaired) electrons. The first-order chi connectivity index (χ1) is 17.7. The Morgan fingerprint density at radius 3 is 2.24 bits per heavy atom. The van der Waals surface area contributed by atoms with Crippen LogP contribution in [0, 0.1) is 0 Å². The van der Waals surface area contributed by atoms with E-state index < -0.39 is 31.1 Å². The Balaban J connectivity index is 1.35. The topological polar surface area (TPSA) is 192 Å². The van der Waals surface area contributed by atoms with Crippen LogP contribution in [0.5, 0.6) is 11.5 Å². The standard InChI is InChI=1S/C23H30N4O9S/c28-18(4-2-1-3-17-21-16(12-37-17)26-23(34)27-21)24-5-6-25-22(33)13-7-14(35-10-19(29)30)9-15(8-13)36-11-20(31)32/h7-9,16-17,21H,1-6,10-12H2,(H,24,28)(H,25,33)(H,29,30)(H,31,32)(H2,26,27,34)/t16-,17-,21-/m0/s1. The van der Waals surface area contributed by atoms with Crippen LogP contribution in [0.25, 0.3) is 0 Å². The lowest BCUT2D eigenvalue weighted by Gasteiger charge is -2.16. The minimum Gasteiger partial charge on any atom is -0.482 e. The Labute approximate surface area is 217 Å². The third-order valence-electron chi connectivity index (χ3n) is 5.68. The second-order valence-corrected chi connectivity index (χ2v) is 9.80. The van der Waals surface area contributed by atoms with Crippen LogP contribution < -0.4 is 30.7 Å². The van der Waals surface area contributed by atoms with E-state index in [0.29, 0.717) is 11.7 Å². The summed E-state index contributed by atoms with van der Waals surface area (Å²) in [7, 11) is 0. The highest BCUT2D eigenvalue weighted by molar-refractivity contribution is 8.00. The van der Waals surface area contributed by atoms with Crippen molar-refractivity contribution in [2.24, 2.45) is 0 Å². The van der Waals surface area contributed by atoms with Crippen LogP contribution in [0.2, 0.25) is 0 Å². The summed E-state index contributed by atoms with van der Waals surface area (Å²) in [4.78, 5) is 57.5. The highest BCUT2D eigenvalue weighted by atomic mass is 32.2. The molecule has 3 atom stereocenters. The number of fused-ring (bicyclic) bond motifs is 1. The van der Waals surface area contributed by atoms with Gasteiger partial charge < -0.3 is 41.0 Å². The first-order valence-electron chi connectivity index (χ1n) is 11.8. The van der Waals surface area contributed by atoms with E-state index in [1.165, 1.54) is 18.2 Å². The van der Waals surface area contributed by atoms with Gasteiger partial charge in [-0.3, -0.25) is 9.59 Å². The van der Waals surface area contributed by atoms with Gasteiger partial charge in [-0.05, 0) is 25.0 Å². The van der Waals surface area contributed by atoms with E-state index in [2.05, 4.69) is 21.3 Å². The van der Waals surface area contributed by atoms with Gasteiger partial charge >= 0.3 is 18.0 Å². The van der Waals surface area contributed by atoms with Crippen molar-refractivity contribution in [3.8, 4) is 11.5 Å². The molecule has 0 saturated carbocycles. The lowest BCUT2D eigenvalue weighted by molar-refractivity contribution is -0.140. The number of benzene rings is 1. The van der Waals surface area contributed by atoms with Crippen LogP contribution in [0.4, 0.5) is 4.79 Å². The number of carbonyl (C=O) groups excluding carboxylic acids is 3. The quantitative estimate of drug-likeness (QED) is 0.133. The Kier molecular flexibility index (Phi) is 10.2. The summed E-state index contributed by atoms with van der Waals surface area (Å²) in [5, 5.41) is 29.1. The number of urea groups is 1. The van der Waals surface area contributed by atoms with Crippen LogP contribution in [0.1, 0.15) is 36.0 Å².